The fourth-order valence-corrected chi connectivity index (χ4v) is 2.38. The van der Waals surface area contributed by atoms with Crippen LogP contribution >= 0.6 is 0 Å². The Hall–Kier alpha value is -1.75. The Labute approximate surface area is 106 Å². The monoisotopic (exact) mass is 251 g/mol. The van der Waals surface area contributed by atoms with E-state index in [1.165, 1.54) is 12.0 Å². The van der Waals surface area contributed by atoms with Gasteiger partial charge in [-0.15, -0.1) is 0 Å². The molecule has 1 aliphatic rings. The summed E-state index contributed by atoms with van der Waals surface area (Å²) in [6, 6.07) is 6.97. The topological polar surface area (TPSA) is 59.0 Å². The number of carbonyl (C=O) groups is 1. The molecule has 1 aliphatic heterocycles. The molecule has 0 spiro atoms. The largest absolute Gasteiger partial charge is 0.496 e. The normalized spacial score (nSPS) is 22.9. The zero-order valence-electron chi connectivity index (χ0n) is 10.5. The molecule has 0 bridgehead atoms. The highest BCUT2D eigenvalue weighted by atomic mass is 16.5. The Morgan fingerprint density at radius 1 is 1.39 bits per heavy atom. The van der Waals surface area contributed by atoms with E-state index in [4.69, 9.17) is 9.47 Å². The lowest BCUT2D eigenvalue weighted by Crippen LogP contribution is -2.33. The van der Waals surface area contributed by atoms with E-state index in [9.17, 15) is 9.90 Å². The number of amides is 1. The molecule has 5 heteroatoms. The van der Waals surface area contributed by atoms with E-state index in [2.05, 4.69) is 0 Å². The zero-order valence-corrected chi connectivity index (χ0v) is 10.5. The highest BCUT2D eigenvalue weighted by Crippen LogP contribution is 2.37. The van der Waals surface area contributed by atoms with Crippen molar-refractivity contribution in [2.75, 3.05) is 20.8 Å². The van der Waals surface area contributed by atoms with Gasteiger partial charge in [-0.25, -0.2) is 4.79 Å². The molecule has 0 unspecified atom stereocenters. The van der Waals surface area contributed by atoms with Gasteiger partial charge < -0.3 is 14.6 Å². The van der Waals surface area contributed by atoms with Crippen molar-refractivity contribution in [2.45, 2.75) is 18.6 Å². The Bertz CT molecular complexity index is 435. The predicted octanol–water partition coefficient (Wildman–Crippen LogP) is 1.57. The number of para-hydroxylation sites is 1. The third-order valence-electron chi connectivity index (χ3n) is 3.23. The lowest BCUT2D eigenvalue weighted by molar-refractivity contribution is 0.0878. The predicted molar refractivity (Wildman–Crippen MR) is 65.5 cm³/mol. The highest BCUT2D eigenvalue weighted by Gasteiger charge is 2.39. The number of aliphatic hydroxyl groups is 1. The first-order valence-corrected chi connectivity index (χ1v) is 5.84. The van der Waals surface area contributed by atoms with Gasteiger partial charge >= 0.3 is 6.09 Å². The summed E-state index contributed by atoms with van der Waals surface area (Å²) in [5, 5.41) is 10.1. The number of ether oxygens (including phenoxy) is 2. The number of hydrogen-bond acceptors (Lipinski definition) is 4. The molecule has 1 aromatic rings. The molecule has 1 N–H and O–H groups in total. The van der Waals surface area contributed by atoms with Crippen molar-refractivity contribution in [2.24, 2.45) is 0 Å². The second kappa shape index (κ2) is 5.27. The summed E-state index contributed by atoms with van der Waals surface area (Å²) in [6.07, 6.45) is -0.486. The maximum Gasteiger partial charge on any atom is 0.410 e. The Kier molecular flexibility index (Phi) is 3.72. The summed E-state index contributed by atoms with van der Waals surface area (Å²) in [5.74, 6) is 0.664. The van der Waals surface area contributed by atoms with Gasteiger partial charge in [0.2, 0.25) is 0 Å². The number of likely N-dealkylation sites (tertiary alicyclic amines) is 1. The summed E-state index contributed by atoms with van der Waals surface area (Å²) < 4.78 is 10.0. The van der Waals surface area contributed by atoms with Crippen molar-refractivity contribution >= 4 is 6.09 Å². The van der Waals surface area contributed by atoms with E-state index in [-0.39, 0.29) is 0 Å². The molecular weight excluding hydrogens is 234 g/mol. The molecule has 1 aromatic carbocycles. The molecule has 1 heterocycles. The number of hydrogen-bond donors (Lipinski definition) is 1. The van der Waals surface area contributed by atoms with Gasteiger partial charge in [0, 0.05) is 12.1 Å². The first-order chi connectivity index (χ1) is 8.69. The van der Waals surface area contributed by atoms with E-state index in [1.807, 2.05) is 24.3 Å². The first-order valence-electron chi connectivity index (χ1n) is 5.84. The number of benzene rings is 1. The molecule has 18 heavy (non-hydrogen) atoms. The van der Waals surface area contributed by atoms with Crippen LogP contribution in [0.15, 0.2) is 24.3 Å². The third kappa shape index (κ3) is 2.13. The third-order valence-corrected chi connectivity index (χ3v) is 3.23. The molecular formula is C13H17NO4. The van der Waals surface area contributed by atoms with Gasteiger partial charge in [0.15, 0.2) is 0 Å². The van der Waals surface area contributed by atoms with E-state index in [1.54, 1.807) is 7.11 Å². The van der Waals surface area contributed by atoms with E-state index in [0.29, 0.717) is 18.7 Å². The molecule has 0 radical (unpaired) electrons. The summed E-state index contributed by atoms with van der Waals surface area (Å²) in [4.78, 5) is 13.2. The minimum Gasteiger partial charge on any atom is -0.496 e. The van der Waals surface area contributed by atoms with Crippen molar-refractivity contribution < 1.29 is 19.4 Å². The van der Waals surface area contributed by atoms with Crippen LogP contribution in [0.2, 0.25) is 0 Å². The van der Waals surface area contributed by atoms with E-state index < -0.39 is 18.2 Å². The summed E-state index contributed by atoms with van der Waals surface area (Å²) in [6.45, 7) is 0.483. The second-order valence-corrected chi connectivity index (χ2v) is 4.21. The Morgan fingerprint density at radius 2 is 2.11 bits per heavy atom. The number of rotatable bonds is 2. The second-order valence-electron chi connectivity index (χ2n) is 4.21. The molecule has 0 aliphatic carbocycles. The van der Waals surface area contributed by atoms with Crippen molar-refractivity contribution in [1.29, 1.82) is 0 Å². The Morgan fingerprint density at radius 3 is 2.78 bits per heavy atom. The first kappa shape index (κ1) is 12.7. The molecule has 0 aromatic heterocycles. The minimum atomic E-state index is -0.597. The lowest BCUT2D eigenvalue weighted by atomic mass is 10.0. The van der Waals surface area contributed by atoms with Crippen LogP contribution in [0.4, 0.5) is 4.79 Å². The number of methoxy groups -OCH3 is 2. The van der Waals surface area contributed by atoms with Crippen LogP contribution in [-0.4, -0.2) is 43.0 Å². The van der Waals surface area contributed by atoms with Gasteiger partial charge in [-0.1, -0.05) is 18.2 Å². The average molecular weight is 251 g/mol. The van der Waals surface area contributed by atoms with Crippen LogP contribution in [0.1, 0.15) is 18.0 Å². The van der Waals surface area contributed by atoms with Crippen LogP contribution in [0.5, 0.6) is 5.75 Å². The summed E-state index contributed by atoms with van der Waals surface area (Å²) in [5.41, 5.74) is 0.801. The van der Waals surface area contributed by atoms with Crippen LogP contribution < -0.4 is 4.74 Å². The Balaban J connectivity index is 2.36. The van der Waals surface area contributed by atoms with E-state index >= 15 is 0 Å². The van der Waals surface area contributed by atoms with Gasteiger partial charge in [-0.3, -0.25) is 4.90 Å². The summed E-state index contributed by atoms with van der Waals surface area (Å²) >= 11 is 0. The molecule has 2 rings (SSSR count). The summed E-state index contributed by atoms with van der Waals surface area (Å²) in [7, 11) is 2.91. The van der Waals surface area contributed by atoms with Crippen molar-refractivity contribution in [1.82, 2.24) is 4.90 Å². The van der Waals surface area contributed by atoms with Crippen LogP contribution in [-0.2, 0) is 4.74 Å². The van der Waals surface area contributed by atoms with Crippen molar-refractivity contribution in [3.8, 4) is 5.75 Å². The molecule has 98 valence electrons. The van der Waals surface area contributed by atoms with Gasteiger partial charge in [0.1, 0.15) is 5.75 Å². The SMILES string of the molecule is COC(=O)N1CC[C@H](O)[C@@H]1c1ccccc1OC. The minimum absolute atomic E-state index is 0.409. The van der Waals surface area contributed by atoms with Gasteiger partial charge in [-0.05, 0) is 12.5 Å². The molecule has 0 saturated carbocycles. The molecule has 1 amide bonds. The molecule has 5 nitrogen and oxygen atoms in total. The smallest absolute Gasteiger partial charge is 0.410 e. The highest BCUT2D eigenvalue weighted by molar-refractivity contribution is 5.69. The van der Waals surface area contributed by atoms with Gasteiger partial charge in [-0.2, -0.15) is 0 Å². The maximum atomic E-state index is 11.7. The van der Waals surface area contributed by atoms with Gasteiger partial charge in [0.05, 0.1) is 26.4 Å². The molecule has 2 atom stereocenters. The quantitative estimate of drug-likeness (QED) is 0.866. The van der Waals surface area contributed by atoms with Crippen LogP contribution in [0.3, 0.4) is 0 Å². The van der Waals surface area contributed by atoms with Crippen LogP contribution in [0.25, 0.3) is 0 Å². The fourth-order valence-electron chi connectivity index (χ4n) is 2.38. The van der Waals surface area contributed by atoms with Crippen LogP contribution in [0, 0.1) is 0 Å². The maximum absolute atomic E-state index is 11.7. The van der Waals surface area contributed by atoms with Gasteiger partial charge in [0.25, 0.3) is 0 Å². The van der Waals surface area contributed by atoms with Crippen molar-refractivity contribution in [3.05, 3.63) is 29.8 Å². The molecule has 1 fully saturated rings. The van der Waals surface area contributed by atoms with Crippen molar-refractivity contribution in [3.63, 3.8) is 0 Å². The lowest BCUT2D eigenvalue weighted by Gasteiger charge is -2.26. The number of carbonyl (C=O) groups excluding carboxylic acids is 1. The number of aliphatic hydroxyl groups excluding tert-OH is 1. The fraction of sp³-hybridized carbons (Fsp3) is 0.462. The molecule has 1 saturated heterocycles. The zero-order chi connectivity index (χ0) is 13.1. The average Bonchev–Trinajstić information content (AvgIpc) is 2.79. The number of nitrogens with zero attached hydrogens (tertiary/aromatic N) is 1. The standard InChI is InChI=1S/C13H17NO4/c1-17-11-6-4-3-5-9(11)12-10(15)7-8-14(12)13(16)18-2/h3-6,10,12,15H,7-8H2,1-2H3/t10-,12-/m0/s1. The van der Waals surface area contributed by atoms with E-state index in [0.717, 1.165) is 5.56 Å².